The minimum absolute atomic E-state index is 0. The summed E-state index contributed by atoms with van der Waals surface area (Å²) in [5.74, 6) is -0.800. The SMILES string of the molecule is [2H]C1(/C=C/C2=C(Cl)C(=C/C=C3/N(CCCCS(=O)(=O)[O-])c4ccccc4C3(C)C)/CCC2)N(CCCCS(=O)(=O)[O-])c2ccccc2C1(C)C.[Na+].[Na+]. The molecule has 0 radical (unpaired) electrons. The molecule has 0 spiro atoms. The van der Waals surface area contributed by atoms with Gasteiger partial charge in [0.15, 0.2) is 0 Å². The summed E-state index contributed by atoms with van der Waals surface area (Å²) in [6.07, 6.45) is 12.1. The summed E-state index contributed by atoms with van der Waals surface area (Å²) in [7, 11) is -8.57. The second-order valence-corrected chi connectivity index (χ2v) is 17.6. The summed E-state index contributed by atoms with van der Waals surface area (Å²) in [5, 5.41) is 0.661. The van der Waals surface area contributed by atoms with Gasteiger partial charge in [-0.05, 0) is 85.4 Å². The summed E-state index contributed by atoms with van der Waals surface area (Å²) in [6.45, 7) is 9.45. The van der Waals surface area contributed by atoms with Crippen LogP contribution in [-0.2, 0) is 31.1 Å². The number of benzene rings is 2. The molecule has 2 aliphatic heterocycles. The van der Waals surface area contributed by atoms with E-state index in [1.165, 1.54) is 5.56 Å². The van der Waals surface area contributed by atoms with Crippen molar-refractivity contribution in [2.75, 3.05) is 34.4 Å². The van der Waals surface area contributed by atoms with Gasteiger partial charge in [-0.2, -0.15) is 0 Å². The van der Waals surface area contributed by atoms with Crippen molar-refractivity contribution in [3.63, 3.8) is 0 Å². The summed E-state index contributed by atoms with van der Waals surface area (Å²) in [5.41, 5.74) is 6.31. The first kappa shape index (κ1) is 42.8. The molecule has 0 amide bonds. The predicted octanol–water partition coefficient (Wildman–Crippen LogP) is 1.65. The van der Waals surface area contributed by atoms with Crippen LogP contribution in [-0.4, -0.2) is 56.6 Å². The number of hydrogen-bond acceptors (Lipinski definition) is 8. The standard InChI is InChI=1S/C38H49ClN2O6S2.2Na/c1-37(2)30-16-5-7-18-32(30)40(24-9-11-26-48(42,43)44)34(37)22-20-28-14-13-15-29(36(28)39)21-23-35-38(3,4)31-17-6-8-19-33(31)41(35)25-10-12-27-49(45,46)47;;/h5-8,16-23,34H,9-15,24-27H2,1-4H3,(H,42,43,44)(H,45,46,47);;/q;2*+1/p-2/b22-20+,29-21+,35-23+;;/i34D;;. The summed E-state index contributed by atoms with van der Waals surface area (Å²) in [6, 6.07) is 14.9. The summed E-state index contributed by atoms with van der Waals surface area (Å²) < 4.78 is 77.1. The van der Waals surface area contributed by atoms with Gasteiger partial charge in [0.1, 0.15) is 0 Å². The van der Waals surface area contributed by atoms with Crippen molar-refractivity contribution in [3.8, 4) is 0 Å². The van der Waals surface area contributed by atoms with Crippen molar-refractivity contribution >= 4 is 43.2 Å². The number of para-hydroxylation sites is 2. The van der Waals surface area contributed by atoms with E-state index < -0.39 is 37.4 Å². The van der Waals surface area contributed by atoms with E-state index in [9.17, 15) is 27.3 Å². The van der Waals surface area contributed by atoms with Crippen LogP contribution < -0.4 is 68.9 Å². The summed E-state index contributed by atoms with van der Waals surface area (Å²) in [4.78, 5) is 4.23. The molecule has 0 fully saturated rings. The van der Waals surface area contributed by atoms with E-state index in [1.54, 1.807) is 0 Å². The van der Waals surface area contributed by atoms with Crippen LogP contribution in [0.1, 0.15) is 85.1 Å². The van der Waals surface area contributed by atoms with Crippen molar-refractivity contribution in [1.29, 1.82) is 0 Å². The second kappa shape index (κ2) is 18.2. The Labute approximate surface area is 356 Å². The molecule has 0 saturated carbocycles. The van der Waals surface area contributed by atoms with Gasteiger partial charge in [0.25, 0.3) is 0 Å². The van der Waals surface area contributed by atoms with Gasteiger partial charge in [0.05, 0.1) is 27.6 Å². The van der Waals surface area contributed by atoms with Crippen LogP contribution in [0.4, 0.5) is 11.4 Å². The van der Waals surface area contributed by atoms with Crippen LogP contribution >= 0.6 is 11.6 Å². The molecule has 5 rings (SSSR count). The quantitative estimate of drug-likeness (QED) is 0.171. The molecule has 1 aliphatic carbocycles. The zero-order valence-corrected chi connectivity index (χ0v) is 37.1. The molecular formula is C38H47ClN2Na2O6S2. The first-order chi connectivity index (χ1) is 23.4. The van der Waals surface area contributed by atoms with E-state index in [-0.39, 0.29) is 76.7 Å². The fourth-order valence-electron chi connectivity index (χ4n) is 7.43. The van der Waals surface area contributed by atoms with Gasteiger partial charge in [-0.15, -0.1) is 0 Å². The molecule has 51 heavy (non-hydrogen) atoms. The molecule has 0 aromatic heterocycles. The first-order valence-corrected chi connectivity index (χ1v) is 20.5. The Balaban J connectivity index is 0.00000364. The van der Waals surface area contributed by atoms with Gasteiger partial charge in [-0.3, -0.25) is 0 Å². The van der Waals surface area contributed by atoms with Gasteiger partial charge < -0.3 is 18.9 Å². The van der Waals surface area contributed by atoms with Gasteiger partial charge in [-0.25, -0.2) is 16.8 Å². The largest absolute Gasteiger partial charge is 1.00 e. The monoisotopic (exact) mass is 773 g/mol. The topological polar surface area (TPSA) is 121 Å². The molecule has 1 unspecified atom stereocenters. The van der Waals surface area contributed by atoms with Crippen molar-refractivity contribution in [2.45, 2.75) is 89.5 Å². The van der Waals surface area contributed by atoms with Crippen molar-refractivity contribution in [3.05, 3.63) is 106 Å². The van der Waals surface area contributed by atoms with E-state index in [2.05, 4.69) is 43.0 Å². The number of unbranched alkanes of at least 4 members (excludes halogenated alkanes) is 2. The number of rotatable bonds is 13. The Hall–Kier alpha value is -0.890. The Morgan fingerprint density at radius 2 is 1.39 bits per heavy atom. The fourth-order valence-corrected chi connectivity index (χ4v) is 8.86. The smallest absolute Gasteiger partial charge is 0.748 e. The molecule has 13 heteroatoms. The Bertz CT molecular complexity index is 1960. The molecule has 8 nitrogen and oxygen atoms in total. The molecule has 0 bridgehead atoms. The Morgan fingerprint density at radius 3 is 2.02 bits per heavy atom. The van der Waals surface area contributed by atoms with E-state index >= 15 is 0 Å². The van der Waals surface area contributed by atoms with E-state index in [1.807, 2.05) is 67.3 Å². The Kier molecular flexibility index (Phi) is 15.3. The van der Waals surface area contributed by atoms with Crippen LogP contribution in [0, 0.1) is 0 Å². The maximum atomic E-state index is 11.2. The van der Waals surface area contributed by atoms with Crippen molar-refractivity contribution in [1.82, 2.24) is 0 Å². The fraction of sp³-hybridized carbons (Fsp3) is 0.474. The van der Waals surface area contributed by atoms with Crippen LogP contribution in [0.3, 0.4) is 0 Å². The molecule has 2 aromatic rings. The molecule has 1 atom stereocenters. The van der Waals surface area contributed by atoms with E-state index in [0.29, 0.717) is 37.4 Å². The van der Waals surface area contributed by atoms with Gasteiger partial charge >= 0.3 is 59.1 Å². The van der Waals surface area contributed by atoms with Crippen LogP contribution in [0.2, 0.25) is 0 Å². The number of allylic oxidation sites excluding steroid dienone is 7. The zero-order chi connectivity index (χ0) is 36.5. The Morgan fingerprint density at radius 1 is 0.824 bits per heavy atom. The number of fused-ring (bicyclic) bond motifs is 2. The number of halogens is 1. The predicted molar refractivity (Wildman–Crippen MR) is 197 cm³/mol. The third kappa shape index (κ3) is 10.7. The minimum Gasteiger partial charge on any atom is -0.748 e. The number of nitrogens with zero attached hydrogens (tertiary/aromatic N) is 2. The van der Waals surface area contributed by atoms with Crippen molar-refractivity contribution in [2.24, 2.45) is 0 Å². The normalized spacial score (nSPS) is 22.9. The van der Waals surface area contributed by atoms with Gasteiger partial charge in [-0.1, -0.05) is 93.9 Å². The second-order valence-electron chi connectivity index (χ2n) is 14.2. The average Bonchev–Trinajstić information content (AvgIpc) is 3.35. The van der Waals surface area contributed by atoms with Crippen molar-refractivity contribution < 1.29 is 86.4 Å². The van der Waals surface area contributed by atoms with Gasteiger partial charge in [0.2, 0.25) is 0 Å². The average molecular weight is 774 g/mol. The number of hydrogen-bond donors (Lipinski definition) is 0. The number of anilines is 2. The first-order valence-electron chi connectivity index (χ1n) is 17.5. The molecule has 0 saturated heterocycles. The van der Waals surface area contributed by atoms with Crippen LogP contribution in [0.15, 0.2) is 94.7 Å². The molecule has 266 valence electrons. The van der Waals surface area contributed by atoms with Gasteiger partial charge in [0, 0.05) is 57.5 Å². The van der Waals surface area contributed by atoms with Crippen LogP contribution in [0.5, 0.6) is 0 Å². The third-order valence-electron chi connectivity index (χ3n) is 9.99. The van der Waals surface area contributed by atoms with E-state index in [4.69, 9.17) is 11.6 Å². The molecular weight excluding hydrogens is 726 g/mol. The van der Waals surface area contributed by atoms with Crippen LogP contribution in [0.25, 0.3) is 0 Å². The molecule has 3 aliphatic rings. The minimum atomic E-state index is -4.30. The maximum absolute atomic E-state index is 11.2. The maximum Gasteiger partial charge on any atom is 1.00 e. The molecule has 0 N–H and O–H groups in total. The third-order valence-corrected chi connectivity index (χ3v) is 12.1. The van der Waals surface area contributed by atoms with E-state index in [0.717, 1.165) is 53.0 Å². The molecule has 2 aromatic carbocycles. The zero-order valence-electron chi connectivity index (χ0n) is 31.7. The molecule has 2 heterocycles. The summed E-state index contributed by atoms with van der Waals surface area (Å²) >= 11 is 7.12.